The summed E-state index contributed by atoms with van der Waals surface area (Å²) in [5.41, 5.74) is 6.47. The minimum absolute atomic E-state index is 0.000679. The van der Waals surface area contributed by atoms with Gasteiger partial charge in [-0.1, -0.05) is 70.1 Å². The fourth-order valence-electron chi connectivity index (χ4n) is 10.3. The number of fused-ring (bicyclic) bond motifs is 3. The summed E-state index contributed by atoms with van der Waals surface area (Å²) in [4.78, 5) is 98.5. The zero-order valence-corrected chi connectivity index (χ0v) is 65.7. The van der Waals surface area contributed by atoms with E-state index in [0.29, 0.717) is 40.2 Å². The molecule has 551 valence electrons. The topological polar surface area (TPSA) is 284 Å². The number of hydrogen-bond donors (Lipinski definition) is 4. The Morgan fingerprint density at radius 1 is 0.519 bits per heavy atom. The van der Waals surface area contributed by atoms with Gasteiger partial charge in [-0.2, -0.15) is 13.2 Å². The minimum atomic E-state index is -1.54. The van der Waals surface area contributed by atoms with Gasteiger partial charge >= 0.3 is 13.7 Å². The number of nitrogens with zero attached hydrogens (tertiary/aromatic N) is 8. The zero-order valence-electron chi connectivity index (χ0n) is 57.6. The lowest BCUT2D eigenvalue weighted by atomic mass is 10.0. The van der Waals surface area contributed by atoms with Crippen LogP contribution in [0.5, 0.6) is 11.5 Å². The summed E-state index contributed by atoms with van der Waals surface area (Å²) in [6, 6.07) is 24.1. The predicted molar refractivity (Wildman–Crippen MR) is 411 cm³/mol. The molecule has 0 bridgehead atoms. The molecule has 9 heterocycles. The van der Waals surface area contributed by atoms with Gasteiger partial charge in [0.05, 0.1) is 32.7 Å². The van der Waals surface area contributed by atoms with Gasteiger partial charge in [-0.05, 0) is 185 Å². The first-order chi connectivity index (χ1) is 49.7. The van der Waals surface area contributed by atoms with Crippen LogP contribution in [0.4, 0.5) is 26.3 Å². The fourth-order valence-corrected chi connectivity index (χ4v) is 12.5. The average molecular weight is 1780 g/mol. The first kappa shape index (κ1) is 85.8. The average Bonchev–Trinajstić information content (AvgIpc) is 1.33. The van der Waals surface area contributed by atoms with Crippen molar-refractivity contribution in [3.8, 4) is 34.0 Å². The molecule has 20 nitrogen and oxygen atoms in total. The molecule has 9 aromatic heterocycles. The van der Waals surface area contributed by atoms with Gasteiger partial charge in [0.25, 0.3) is 5.56 Å². The van der Waals surface area contributed by atoms with Gasteiger partial charge in [-0.3, -0.25) is 33.8 Å². The molecule has 0 aliphatic carbocycles. The van der Waals surface area contributed by atoms with Crippen LogP contribution in [-0.4, -0.2) is 101 Å². The maximum Gasteiger partial charge on any atom is 0.569 e. The van der Waals surface area contributed by atoms with Crippen molar-refractivity contribution in [3.05, 3.63) is 244 Å². The fraction of sp³-hybridized carbons (Fsp3) is 0.167. The van der Waals surface area contributed by atoms with E-state index in [4.69, 9.17) is 72.8 Å². The van der Waals surface area contributed by atoms with E-state index in [1.54, 1.807) is 41.6 Å². The van der Waals surface area contributed by atoms with E-state index in [1.165, 1.54) is 6.92 Å². The summed E-state index contributed by atoms with van der Waals surface area (Å²) in [5.74, 6) is -10.1. The van der Waals surface area contributed by atoms with Crippen LogP contribution in [0.15, 0.2) is 115 Å². The van der Waals surface area contributed by atoms with Crippen LogP contribution in [0.2, 0.25) is 25.1 Å². The lowest BCUT2D eigenvalue weighted by molar-refractivity contribution is 0.0690. The van der Waals surface area contributed by atoms with Crippen molar-refractivity contribution in [3.63, 3.8) is 0 Å². The molecule has 0 saturated heterocycles. The summed E-state index contributed by atoms with van der Waals surface area (Å²) in [7, 11) is 6.60. The number of benzene rings is 3. The number of aromatic amines is 1. The molecule has 0 aliphatic rings. The van der Waals surface area contributed by atoms with Gasteiger partial charge < -0.3 is 38.6 Å². The number of carbonyl (C=O) groups excluding carboxylic acids is 5. The number of Topliss-reactive ketones (excluding diaryl/α,β-unsaturated/α-hetero) is 5. The number of carbonyl (C=O) groups is 6. The van der Waals surface area contributed by atoms with Gasteiger partial charge in [0, 0.05) is 112 Å². The molecule has 0 saturated carbocycles. The standard InChI is InChI=1S/C18H17ClN2O.C15H11ClN2O4.C9H9BNO2.C9H9ClINO.C7H3ClF2INO.C7H4ClF2NO.C7H5F2NO/c1-10-16(12(3)22)11(2)20-18(17(10)19)14-5-6-15-13(9-14)7-8-21(15)4;1-18-5-4-7-6-8(2-3-9(7)18)12-11(16)13(19)10(15(21)22)14(20)17-12;1-11-5-4-7-6-8(13-10-12)2-3-9(7)11;1-4-7(6(3)13)5(2)12-9(11)8(4)10;1-2(13)3-5(9)4(8)7(11)12-6(3)10;1-3(12)5-6(9)4(8)2-11-7(5)10;1-4(11)6-5(8)2-3-10-7(6)9/h5-9H,1-4H3;2-6H,1H3,(H,21,22)(H2,17,19,20);2-6,12H,1H3;1-3H3;1H3;2H,1H3;2-3H,1H3. The van der Waals surface area contributed by atoms with E-state index >= 15 is 0 Å². The number of carboxylic acid groups (broad SMARTS) is 1. The SMILES string of the molecule is CC(=O)c1c(C)nc(-c2ccc3c(ccn3C)c2)c(Cl)c1C.CC(=O)c1c(C)nc(I)c(Cl)c1C.CC(=O)c1c(F)ccnc1F.CC(=O)c1c(F)nc(I)c(Cl)c1F.CC(=O)c1c(F)ncc(Cl)c1F.Cn1ccc2cc(-c3[nH]c(=O)c(C(=O)O)c(O)c3Cl)ccc21.Cn1ccc2cc(O[B]O)ccc21. The molecule has 0 atom stereocenters. The summed E-state index contributed by atoms with van der Waals surface area (Å²) in [6.07, 6.45) is 7.69. The molecule has 3 aromatic carbocycles. The van der Waals surface area contributed by atoms with Crippen LogP contribution in [0, 0.1) is 70.4 Å². The Morgan fingerprint density at radius 2 is 0.962 bits per heavy atom. The number of aryl methyl sites for hydroxylation is 5. The Bertz CT molecular complexity index is 5440. The van der Waals surface area contributed by atoms with E-state index in [-0.39, 0.29) is 36.0 Å². The van der Waals surface area contributed by atoms with Crippen LogP contribution in [-0.2, 0) is 21.1 Å². The second-order valence-corrected chi connectivity index (χ2v) is 26.6. The molecule has 4 N–H and O–H groups in total. The number of aromatic nitrogens is 9. The van der Waals surface area contributed by atoms with Crippen LogP contribution in [0.1, 0.15) is 119 Å². The summed E-state index contributed by atoms with van der Waals surface area (Å²) in [6.45, 7) is 13.6. The van der Waals surface area contributed by atoms with E-state index < -0.39 is 92.2 Å². The third-order valence-corrected chi connectivity index (χ3v) is 19.4. The highest BCUT2D eigenvalue weighted by atomic mass is 127. The lowest BCUT2D eigenvalue weighted by Crippen LogP contribution is -2.18. The normalized spacial score (nSPS) is 10.5. The Hall–Kier alpha value is -9.09. The number of carboxylic acids is 1. The molecule has 0 unspecified atom stereocenters. The van der Waals surface area contributed by atoms with Crippen molar-refractivity contribution in [2.45, 2.75) is 62.3 Å². The number of ketones is 5. The quantitative estimate of drug-likeness (QED) is 0.0325. The number of nitrogens with one attached hydrogen (secondary N) is 1. The second-order valence-electron chi connectivity index (χ2n) is 22.6. The number of aromatic carboxylic acids is 1. The van der Waals surface area contributed by atoms with Gasteiger partial charge in [0.2, 0.25) is 17.8 Å². The molecule has 34 heteroatoms. The van der Waals surface area contributed by atoms with Crippen molar-refractivity contribution in [2.24, 2.45) is 21.1 Å². The highest BCUT2D eigenvalue weighted by Crippen LogP contribution is 2.37. The maximum atomic E-state index is 13.1. The first-order valence-corrected chi connectivity index (χ1v) is 34.4. The molecule has 0 spiro atoms. The molecule has 0 fully saturated rings. The van der Waals surface area contributed by atoms with Gasteiger partial charge in [0.1, 0.15) is 45.7 Å². The second kappa shape index (κ2) is 37.4. The zero-order chi connectivity index (χ0) is 79.4. The van der Waals surface area contributed by atoms with E-state index in [9.17, 15) is 65.0 Å². The van der Waals surface area contributed by atoms with Crippen LogP contribution in [0.25, 0.3) is 55.2 Å². The Labute approximate surface area is 653 Å². The van der Waals surface area contributed by atoms with Crippen LogP contribution < -0.4 is 10.2 Å². The van der Waals surface area contributed by atoms with Crippen LogP contribution in [0.3, 0.4) is 0 Å². The molecule has 12 aromatic rings. The Balaban J connectivity index is 0.000000197. The smallest absolute Gasteiger partial charge is 0.537 e. The van der Waals surface area contributed by atoms with Gasteiger partial charge in [-0.25, -0.2) is 37.9 Å². The minimum Gasteiger partial charge on any atom is -0.537 e. The molecular formula is C72H58BCl5F6I2N9O11. The third-order valence-electron chi connectivity index (χ3n) is 15.3. The number of rotatable bonds is 10. The summed E-state index contributed by atoms with van der Waals surface area (Å²) >= 11 is 32.8. The highest BCUT2D eigenvalue weighted by molar-refractivity contribution is 14.1. The Kier molecular flexibility index (Phi) is 30.3. The molecule has 12 rings (SSSR count). The van der Waals surface area contributed by atoms with Crippen molar-refractivity contribution in [1.29, 1.82) is 0 Å². The number of aromatic hydroxyl groups is 1. The molecular weight excluding hydrogens is 1720 g/mol. The summed E-state index contributed by atoms with van der Waals surface area (Å²) in [5, 5.41) is 30.7. The van der Waals surface area contributed by atoms with Crippen molar-refractivity contribution < 1.29 is 75.0 Å². The van der Waals surface area contributed by atoms with Crippen LogP contribution >= 0.6 is 103 Å². The molecule has 106 heavy (non-hydrogen) atoms. The maximum absolute atomic E-state index is 13.1. The monoisotopic (exact) mass is 1780 g/mol. The van der Waals surface area contributed by atoms with E-state index in [0.717, 1.165) is 109 Å². The number of hydrogen-bond acceptors (Lipinski definition) is 15. The lowest BCUT2D eigenvalue weighted by Gasteiger charge is -2.13. The van der Waals surface area contributed by atoms with E-state index in [2.05, 4.69) is 75.3 Å². The molecule has 0 aliphatic heterocycles. The van der Waals surface area contributed by atoms with Gasteiger partial charge in [-0.15, -0.1) is 0 Å². The molecule has 0 amide bonds. The predicted octanol–water partition coefficient (Wildman–Crippen LogP) is 18.1. The van der Waals surface area contributed by atoms with Crippen molar-refractivity contribution in [2.75, 3.05) is 0 Å². The largest absolute Gasteiger partial charge is 0.569 e. The summed E-state index contributed by atoms with van der Waals surface area (Å²) < 4.78 is 88.3. The van der Waals surface area contributed by atoms with Gasteiger partial charge in [0.15, 0.2) is 51.9 Å². The molecule has 1 radical (unpaired) electrons. The van der Waals surface area contributed by atoms with E-state index in [1.807, 2.05) is 119 Å². The van der Waals surface area contributed by atoms with Crippen molar-refractivity contribution >= 4 is 178 Å². The highest BCUT2D eigenvalue weighted by Gasteiger charge is 2.25. The number of H-pyrrole nitrogens is 1. The number of pyridine rings is 6. The third kappa shape index (κ3) is 20.3. The Morgan fingerprint density at radius 3 is 1.43 bits per heavy atom. The van der Waals surface area contributed by atoms with Crippen molar-refractivity contribution in [1.82, 2.24) is 43.6 Å². The number of halogens is 13. The first-order valence-electron chi connectivity index (χ1n) is 30.4.